The van der Waals surface area contributed by atoms with E-state index in [0.717, 1.165) is 30.7 Å². The van der Waals surface area contributed by atoms with Gasteiger partial charge in [0, 0.05) is 13.1 Å². The molecule has 0 aromatic carbocycles. The second kappa shape index (κ2) is 3.98. The molecule has 90 valence electrons. The van der Waals surface area contributed by atoms with E-state index >= 15 is 0 Å². The van der Waals surface area contributed by atoms with E-state index in [0.29, 0.717) is 0 Å². The Kier molecular flexibility index (Phi) is 2.46. The normalized spacial score (nSPS) is 27.2. The maximum atomic E-state index is 10.9. The number of carbonyl (C=O) groups is 1. The highest BCUT2D eigenvalue weighted by molar-refractivity contribution is 5.90. The lowest BCUT2D eigenvalue weighted by Crippen LogP contribution is -2.23. The number of amides is 1. The number of aromatic nitrogens is 2. The molecule has 0 bridgehead atoms. The van der Waals surface area contributed by atoms with Crippen LogP contribution in [0.2, 0.25) is 0 Å². The summed E-state index contributed by atoms with van der Waals surface area (Å²) in [5, 5.41) is 7.93. The molecule has 1 aliphatic carbocycles. The number of hydrogen-bond donors (Lipinski definition) is 1. The van der Waals surface area contributed by atoms with E-state index in [1.807, 2.05) is 6.07 Å². The number of primary amides is 1. The first-order valence-electron chi connectivity index (χ1n) is 6.12. The van der Waals surface area contributed by atoms with E-state index < -0.39 is 5.91 Å². The predicted octanol–water partition coefficient (Wildman–Crippen LogP) is 0.812. The molecule has 1 amide bonds. The first kappa shape index (κ1) is 10.5. The number of carbonyl (C=O) groups excluding carboxylic acids is 1. The lowest BCUT2D eigenvalue weighted by Gasteiger charge is -2.17. The molecule has 17 heavy (non-hydrogen) atoms. The molecule has 2 aliphatic rings. The number of fused-ring (bicyclic) bond motifs is 1. The van der Waals surface area contributed by atoms with Gasteiger partial charge in [-0.25, -0.2) is 0 Å². The van der Waals surface area contributed by atoms with Crippen molar-refractivity contribution in [2.75, 3.05) is 18.0 Å². The fourth-order valence-electron chi connectivity index (χ4n) is 3.05. The van der Waals surface area contributed by atoms with Crippen molar-refractivity contribution in [2.45, 2.75) is 19.3 Å². The number of hydrogen-bond acceptors (Lipinski definition) is 4. The van der Waals surface area contributed by atoms with Crippen molar-refractivity contribution in [3.63, 3.8) is 0 Å². The van der Waals surface area contributed by atoms with Crippen molar-refractivity contribution in [3.8, 4) is 0 Å². The van der Waals surface area contributed by atoms with Crippen LogP contribution < -0.4 is 10.6 Å². The van der Waals surface area contributed by atoms with Gasteiger partial charge in [-0.3, -0.25) is 4.79 Å². The summed E-state index contributed by atoms with van der Waals surface area (Å²) in [6.07, 6.45) is 4.05. The number of nitrogens with two attached hydrogens (primary N) is 1. The van der Waals surface area contributed by atoms with Crippen LogP contribution in [-0.4, -0.2) is 29.2 Å². The quantitative estimate of drug-likeness (QED) is 0.819. The molecule has 0 spiro atoms. The third-order valence-corrected chi connectivity index (χ3v) is 3.95. The lowest BCUT2D eigenvalue weighted by molar-refractivity contribution is 0.0994. The molecule has 1 saturated heterocycles. The summed E-state index contributed by atoms with van der Waals surface area (Å²) in [6, 6.07) is 3.49. The van der Waals surface area contributed by atoms with Gasteiger partial charge in [0.2, 0.25) is 0 Å². The van der Waals surface area contributed by atoms with E-state index in [1.165, 1.54) is 19.3 Å². The van der Waals surface area contributed by atoms with Crippen LogP contribution in [0.1, 0.15) is 29.8 Å². The Balaban J connectivity index is 1.75. The highest BCUT2D eigenvalue weighted by atomic mass is 16.1. The van der Waals surface area contributed by atoms with Crippen molar-refractivity contribution in [3.05, 3.63) is 17.8 Å². The third kappa shape index (κ3) is 1.85. The molecule has 3 rings (SSSR count). The highest BCUT2D eigenvalue weighted by Crippen LogP contribution is 2.38. The Labute approximate surface area is 100 Å². The van der Waals surface area contributed by atoms with Crippen LogP contribution in [0.15, 0.2) is 12.1 Å². The Hall–Kier alpha value is -1.65. The van der Waals surface area contributed by atoms with Crippen molar-refractivity contribution in [1.82, 2.24) is 10.2 Å². The highest BCUT2D eigenvalue weighted by Gasteiger charge is 2.36. The molecule has 1 aliphatic heterocycles. The number of rotatable bonds is 2. The van der Waals surface area contributed by atoms with Gasteiger partial charge >= 0.3 is 0 Å². The van der Waals surface area contributed by atoms with Gasteiger partial charge in [0.25, 0.3) is 5.91 Å². The molecule has 1 aromatic heterocycles. The van der Waals surface area contributed by atoms with Crippen LogP contribution in [0.5, 0.6) is 0 Å². The van der Waals surface area contributed by atoms with E-state index in [4.69, 9.17) is 5.73 Å². The third-order valence-electron chi connectivity index (χ3n) is 3.95. The molecule has 2 heterocycles. The van der Waals surface area contributed by atoms with Crippen LogP contribution in [0.4, 0.5) is 5.82 Å². The first-order valence-corrected chi connectivity index (χ1v) is 6.12. The van der Waals surface area contributed by atoms with Gasteiger partial charge in [0.05, 0.1) is 0 Å². The van der Waals surface area contributed by atoms with Crippen molar-refractivity contribution in [2.24, 2.45) is 17.6 Å². The van der Waals surface area contributed by atoms with E-state index in [2.05, 4.69) is 15.1 Å². The molecule has 2 atom stereocenters. The topological polar surface area (TPSA) is 72.1 Å². The number of nitrogens with zero attached hydrogens (tertiary/aromatic N) is 3. The van der Waals surface area contributed by atoms with Crippen LogP contribution >= 0.6 is 0 Å². The van der Waals surface area contributed by atoms with Crippen LogP contribution in [-0.2, 0) is 0 Å². The van der Waals surface area contributed by atoms with Crippen molar-refractivity contribution < 1.29 is 4.79 Å². The predicted molar refractivity (Wildman–Crippen MR) is 63.6 cm³/mol. The zero-order valence-corrected chi connectivity index (χ0v) is 9.67. The molecule has 1 aromatic rings. The maximum absolute atomic E-state index is 10.9. The first-order chi connectivity index (χ1) is 8.24. The summed E-state index contributed by atoms with van der Waals surface area (Å²) < 4.78 is 0. The van der Waals surface area contributed by atoms with E-state index in [1.54, 1.807) is 6.07 Å². The van der Waals surface area contributed by atoms with Crippen molar-refractivity contribution >= 4 is 11.7 Å². The fraction of sp³-hybridized carbons (Fsp3) is 0.583. The SMILES string of the molecule is NC(=O)c1ccc(N2CC3CCCC3C2)nn1. The van der Waals surface area contributed by atoms with Crippen LogP contribution in [0.3, 0.4) is 0 Å². The minimum Gasteiger partial charge on any atom is -0.364 e. The molecule has 5 heteroatoms. The molecule has 2 N–H and O–H groups in total. The van der Waals surface area contributed by atoms with E-state index in [9.17, 15) is 4.79 Å². The second-order valence-corrected chi connectivity index (χ2v) is 5.00. The van der Waals surface area contributed by atoms with Gasteiger partial charge in [0.1, 0.15) is 0 Å². The molecule has 5 nitrogen and oxygen atoms in total. The maximum Gasteiger partial charge on any atom is 0.269 e. The number of anilines is 1. The summed E-state index contributed by atoms with van der Waals surface area (Å²) in [4.78, 5) is 13.2. The molecule has 1 saturated carbocycles. The van der Waals surface area contributed by atoms with Gasteiger partial charge in [-0.1, -0.05) is 6.42 Å². The Bertz CT molecular complexity index is 419. The van der Waals surface area contributed by atoms with Crippen LogP contribution in [0, 0.1) is 11.8 Å². The smallest absolute Gasteiger partial charge is 0.269 e. The summed E-state index contributed by atoms with van der Waals surface area (Å²) in [5.41, 5.74) is 5.37. The lowest BCUT2D eigenvalue weighted by atomic mass is 10.0. The summed E-state index contributed by atoms with van der Waals surface area (Å²) in [7, 11) is 0. The average Bonchev–Trinajstić information content (AvgIpc) is 2.89. The minimum absolute atomic E-state index is 0.230. The molecule has 0 radical (unpaired) electrons. The summed E-state index contributed by atoms with van der Waals surface area (Å²) >= 11 is 0. The monoisotopic (exact) mass is 232 g/mol. The standard InChI is InChI=1S/C12H16N4O/c13-12(17)10-4-5-11(15-14-10)16-6-8-2-1-3-9(8)7-16/h4-5,8-9H,1-3,6-7H2,(H2,13,17). The summed E-state index contributed by atoms with van der Waals surface area (Å²) in [5.74, 6) is 1.99. The molecular weight excluding hydrogens is 216 g/mol. The van der Waals surface area contributed by atoms with Gasteiger partial charge < -0.3 is 10.6 Å². The second-order valence-electron chi connectivity index (χ2n) is 5.00. The molecule has 2 unspecified atom stereocenters. The van der Waals surface area contributed by atoms with Crippen molar-refractivity contribution in [1.29, 1.82) is 0 Å². The molecule has 2 fully saturated rings. The zero-order chi connectivity index (χ0) is 11.8. The average molecular weight is 232 g/mol. The largest absolute Gasteiger partial charge is 0.364 e. The summed E-state index contributed by atoms with van der Waals surface area (Å²) in [6.45, 7) is 2.16. The Morgan fingerprint density at radius 2 is 1.94 bits per heavy atom. The zero-order valence-electron chi connectivity index (χ0n) is 9.67. The van der Waals surface area contributed by atoms with Gasteiger partial charge in [0.15, 0.2) is 11.5 Å². The Morgan fingerprint density at radius 3 is 2.47 bits per heavy atom. The van der Waals surface area contributed by atoms with Crippen LogP contribution in [0.25, 0.3) is 0 Å². The van der Waals surface area contributed by atoms with Gasteiger partial charge in [-0.2, -0.15) is 0 Å². The minimum atomic E-state index is -0.526. The fourth-order valence-corrected chi connectivity index (χ4v) is 3.05. The Morgan fingerprint density at radius 1 is 1.24 bits per heavy atom. The van der Waals surface area contributed by atoms with Gasteiger partial charge in [-0.05, 0) is 36.8 Å². The molecular formula is C12H16N4O. The van der Waals surface area contributed by atoms with E-state index in [-0.39, 0.29) is 5.69 Å². The van der Waals surface area contributed by atoms with Gasteiger partial charge in [-0.15, -0.1) is 10.2 Å².